The predicted molar refractivity (Wildman–Crippen MR) is 107 cm³/mol. The van der Waals surface area contributed by atoms with E-state index in [0.717, 1.165) is 47.5 Å². The lowest BCUT2D eigenvalue weighted by Gasteiger charge is -2.39. The second-order valence-corrected chi connectivity index (χ2v) is 6.90. The quantitative estimate of drug-likeness (QED) is 0.609. The van der Waals surface area contributed by atoms with Gasteiger partial charge in [-0.1, -0.05) is 66.3 Å². The highest BCUT2D eigenvalue weighted by Crippen LogP contribution is 2.38. The molecule has 1 N–H and O–H groups in total. The van der Waals surface area contributed by atoms with E-state index in [9.17, 15) is 4.39 Å². The van der Waals surface area contributed by atoms with Crippen molar-refractivity contribution in [1.29, 1.82) is 0 Å². The molecule has 0 amide bonds. The van der Waals surface area contributed by atoms with Crippen molar-refractivity contribution in [2.24, 2.45) is 5.16 Å². The summed E-state index contributed by atoms with van der Waals surface area (Å²) in [6.45, 7) is 0.307. The van der Waals surface area contributed by atoms with Gasteiger partial charge in [-0.2, -0.15) is 0 Å². The average Bonchev–Trinajstić information content (AvgIpc) is 2.70. The first kappa shape index (κ1) is 18.5. The summed E-state index contributed by atoms with van der Waals surface area (Å²) < 4.78 is 13.0. The SMILES string of the molecule is CNC(=S)C1(c2ccccc2)CCCCC1=NOCc1ccc(F)cc1. The fraction of sp³-hybridized carbons (Fsp3) is 0.333. The van der Waals surface area contributed by atoms with Crippen LogP contribution in [0.5, 0.6) is 0 Å². The van der Waals surface area contributed by atoms with E-state index in [-0.39, 0.29) is 5.82 Å². The van der Waals surface area contributed by atoms with Gasteiger partial charge in [-0.3, -0.25) is 0 Å². The van der Waals surface area contributed by atoms with Crippen LogP contribution < -0.4 is 5.32 Å². The highest BCUT2D eigenvalue weighted by Gasteiger charge is 2.43. The Hall–Kier alpha value is -2.27. The molecule has 1 aliphatic carbocycles. The number of halogens is 1. The average molecular weight is 370 g/mol. The minimum absolute atomic E-state index is 0.255. The Balaban J connectivity index is 1.88. The number of nitrogens with one attached hydrogen (secondary N) is 1. The fourth-order valence-corrected chi connectivity index (χ4v) is 3.89. The maximum atomic E-state index is 13.0. The Morgan fingerprint density at radius 3 is 2.58 bits per heavy atom. The highest BCUT2D eigenvalue weighted by molar-refractivity contribution is 7.80. The third-order valence-corrected chi connectivity index (χ3v) is 5.46. The number of hydrogen-bond acceptors (Lipinski definition) is 3. The molecular formula is C21H23FN2OS. The smallest absolute Gasteiger partial charge is 0.142 e. The standard InChI is InChI=1S/C21H23FN2OS/c1-23-20(26)21(17-7-3-2-4-8-17)14-6-5-9-19(21)24-25-15-16-10-12-18(22)13-11-16/h2-4,7-8,10-13H,5-6,9,14-15H2,1H3,(H,23,26). The zero-order valence-electron chi connectivity index (χ0n) is 14.9. The molecule has 1 saturated carbocycles. The molecule has 136 valence electrons. The van der Waals surface area contributed by atoms with Crippen molar-refractivity contribution in [2.45, 2.75) is 37.7 Å². The second kappa shape index (κ2) is 8.41. The summed E-state index contributed by atoms with van der Waals surface area (Å²) in [5.41, 5.74) is 2.56. The monoisotopic (exact) mass is 370 g/mol. The number of hydrogen-bond donors (Lipinski definition) is 1. The zero-order valence-corrected chi connectivity index (χ0v) is 15.7. The van der Waals surface area contributed by atoms with Gasteiger partial charge >= 0.3 is 0 Å². The molecule has 2 aromatic carbocycles. The van der Waals surface area contributed by atoms with Crippen molar-refractivity contribution in [3.8, 4) is 0 Å². The van der Waals surface area contributed by atoms with Gasteiger partial charge in [-0.25, -0.2) is 4.39 Å². The Morgan fingerprint density at radius 1 is 1.15 bits per heavy atom. The van der Waals surface area contributed by atoms with Crippen molar-refractivity contribution >= 4 is 22.9 Å². The molecule has 5 heteroatoms. The van der Waals surface area contributed by atoms with Crippen molar-refractivity contribution in [3.63, 3.8) is 0 Å². The van der Waals surface area contributed by atoms with Crippen molar-refractivity contribution < 1.29 is 9.23 Å². The van der Waals surface area contributed by atoms with Crippen LogP contribution >= 0.6 is 12.2 Å². The molecule has 1 fully saturated rings. The first-order valence-corrected chi connectivity index (χ1v) is 9.29. The third kappa shape index (κ3) is 3.78. The Morgan fingerprint density at radius 2 is 1.88 bits per heavy atom. The molecule has 2 aromatic rings. The van der Waals surface area contributed by atoms with Gasteiger partial charge in [0.2, 0.25) is 0 Å². The molecule has 0 saturated heterocycles. The maximum Gasteiger partial charge on any atom is 0.142 e. The highest BCUT2D eigenvalue weighted by atomic mass is 32.1. The van der Waals surface area contributed by atoms with Crippen LogP contribution in [0.15, 0.2) is 59.8 Å². The van der Waals surface area contributed by atoms with E-state index in [4.69, 9.17) is 17.1 Å². The van der Waals surface area contributed by atoms with Crippen LogP contribution in [-0.4, -0.2) is 17.7 Å². The fourth-order valence-electron chi connectivity index (χ4n) is 3.55. The van der Waals surface area contributed by atoms with Crippen molar-refractivity contribution in [3.05, 3.63) is 71.5 Å². The third-order valence-electron chi connectivity index (χ3n) is 4.91. The topological polar surface area (TPSA) is 33.6 Å². The minimum atomic E-state index is -0.424. The van der Waals surface area contributed by atoms with Gasteiger partial charge in [0.15, 0.2) is 0 Å². The normalized spacial score (nSPS) is 21.4. The van der Waals surface area contributed by atoms with E-state index in [0.29, 0.717) is 6.61 Å². The van der Waals surface area contributed by atoms with Gasteiger partial charge < -0.3 is 10.2 Å². The van der Waals surface area contributed by atoms with Gasteiger partial charge in [0.05, 0.1) is 16.1 Å². The van der Waals surface area contributed by atoms with Crippen LogP contribution in [0.2, 0.25) is 0 Å². The lowest BCUT2D eigenvalue weighted by molar-refractivity contribution is 0.127. The lowest BCUT2D eigenvalue weighted by atomic mass is 9.67. The molecule has 0 bridgehead atoms. The summed E-state index contributed by atoms with van der Waals surface area (Å²) in [7, 11) is 1.86. The van der Waals surface area contributed by atoms with Crippen molar-refractivity contribution in [1.82, 2.24) is 5.32 Å². The summed E-state index contributed by atoms with van der Waals surface area (Å²) in [5.74, 6) is -0.255. The van der Waals surface area contributed by atoms with Crippen LogP contribution in [0.25, 0.3) is 0 Å². The van der Waals surface area contributed by atoms with Crippen molar-refractivity contribution in [2.75, 3.05) is 7.05 Å². The summed E-state index contributed by atoms with van der Waals surface area (Å²) >= 11 is 5.72. The molecule has 1 atom stereocenters. The van der Waals surface area contributed by atoms with E-state index in [2.05, 4.69) is 22.6 Å². The first-order chi connectivity index (χ1) is 12.7. The number of benzene rings is 2. The van der Waals surface area contributed by atoms with Gasteiger partial charge in [-0.15, -0.1) is 0 Å². The van der Waals surface area contributed by atoms with Gasteiger partial charge in [-0.05, 0) is 42.5 Å². The molecule has 0 aliphatic heterocycles. The summed E-state index contributed by atoms with van der Waals surface area (Å²) in [5, 5.41) is 7.67. The Kier molecular flexibility index (Phi) is 5.99. The van der Waals surface area contributed by atoms with Crippen LogP contribution in [-0.2, 0) is 16.9 Å². The van der Waals surface area contributed by atoms with Gasteiger partial charge in [0.1, 0.15) is 12.4 Å². The predicted octanol–water partition coefficient (Wildman–Crippen LogP) is 4.76. The molecule has 3 rings (SSSR count). The second-order valence-electron chi connectivity index (χ2n) is 6.50. The first-order valence-electron chi connectivity index (χ1n) is 8.88. The molecule has 1 aliphatic rings. The molecule has 26 heavy (non-hydrogen) atoms. The molecule has 1 unspecified atom stereocenters. The number of likely N-dealkylation sites (N-methyl/N-ethyl adjacent to an activating group) is 1. The largest absolute Gasteiger partial charge is 0.391 e. The Labute approximate surface area is 159 Å². The summed E-state index contributed by atoms with van der Waals surface area (Å²) in [6, 6.07) is 16.5. The van der Waals surface area contributed by atoms with E-state index in [1.807, 2.05) is 25.2 Å². The van der Waals surface area contributed by atoms with Crippen LogP contribution in [0.3, 0.4) is 0 Å². The molecular weight excluding hydrogens is 347 g/mol. The maximum absolute atomic E-state index is 13.0. The number of nitrogens with zero attached hydrogens (tertiary/aromatic N) is 1. The molecule has 0 aromatic heterocycles. The number of thiocarbonyl (C=S) groups is 1. The summed E-state index contributed by atoms with van der Waals surface area (Å²) in [4.78, 5) is 6.42. The molecule has 0 spiro atoms. The molecule has 3 nitrogen and oxygen atoms in total. The van der Waals surface area contributed by atoms with Crippen LogP contribution in [0, 0.1) is 5.82 Å². The summed E-state index contributed by atoms with van der Waals surface area (Å²) in [6.07, 6.45) is 3.92. The van der Waals surface area contributed by atoms with Gasteiger partial charge in [0, 0.05) is 7.05 Å². The molecule has 0 radical (unpaired) electrons. The lowest BCUT2D eigenvalue weighted by Crippen LogP contribution is -2.50. The van der Waals surface area contributed by atoms with E-state index in [1.165, 1.54) is 12.1 Å². The van der Waals surface area contributed by atoms with Crippen LogP contribution in [0.4, 0.5) is 4.39 Å². The van der Waals surface area contributed by atoms with Gasteiger partial charge in [0.25, 0.3) is 0 Å². The van der Waals surface area contributed by atoms with Crippen LogP contribution in [0.1, 0.15) is 36.8 Å². The molecule has 0 heterocycles. The minimum Gasteiger partial charge on any atom is -0.391 e. The van der Waals surface area contributed by atoms with E-state index >= 15 is 0 Å². The number of rotatable bonds is 5. The van der Waals surface area contributed by atoms with E-state index < -0.39 is 5.41 Å². The zero-order chi connectivity index (χ0) is 18.4. The number of oxime groups is 1. The Bertz CT molecular complexity index is 776. The van der Waals surface area contributed by atoms with E-state index in [1.54, 1.807) is 12.1 Å².